The molecule has 6 rings (SSSR count). The van der Waals surface area contributed by atoms with Crippen molar-refractivity contribution in [1.82, 2.24) is 5.32 Å². The Bertz CT molecular complexity index is 1310. The Labute approximate surface area is 253 Å². The molecular formula is C37H52N2O3. The summed E-state index contributed by atoms with van der Waals surface area (Å²) in [5.74, 6) is -0.472. The zero-order valence-corrected chi connectivity index (χ0v) is 27.1. The standard InChI is InChI=1S/C37H52N2O3/c1-32(2)26-13-16-36(6)27(35(26,5)15-14-28(32)41)21-25(40)30-29-24(22-38)34(4,31(42)39-23-11-9-8-10-12-23)19-17-33(29,3)18-20-37(30,36)7/h14-15,21,23-24,26,29-30H,8-13,16-20H2,1-7H3,(H,39,42). The summed E-state index contributed by atoms with van der Waals surface area (Å²) in [6.45, 7) is 15.4. The molecule has 42 heavy (non-hydrogen) atoms. The van der Waals surface area contributed by atoms with Gasteiger partial charge in [-0.15, -0.1) is 0 Å². The second kappa shape index (κ2) is 9.39. The molecule has 6 aliphatic rings. The lowest BCUT2D eigenvalue weighted by Crippen LogP contribution is -2.66. The van der Waals surface area contributed by atoms with E-state index < -0.39 is 16.7 Å². The van der Waals surface area contributed by atoms with Gasteiger partial charge in [0.25, 0.3) is 0 Å². The molecule has 5 heteroatoms. The highest BCUT2D eigenvalue weighted by Crippen LogP contribution is 2.74. The van der Waals surface area contributed by atoms with Crippen molar-refractivity contribution in [3.63, 3.8) is 0 Å². The molecule has 0 aliphatic heterocycles. The van der Waals surface area contributed by atoms with Crippen molar-refractivity contribution in [1.29, 1.82) is 5.26 Å². The maximum atomic E-state index is 14.7. The Balaban J connectivity index is 1.43. The number of allylic oxidation sites excluding steroid dienone is 4. The van der Waals surface area contributed by atoms with Crippen LogP contribution in [0.3, 0.4) is 0 Å². The number of fused-ring (bicyclic) bond motifs is 7. The summed E-state index contributed by atoms with van der Waals surface area (Å²) < 4.78 is 0. The van der Waals surface area contributed by atoms with Crippen LogP contribution < -0.4 is 5.32 Å². The Morgan fingerprint density at radius 1 is 0.905 bits per heavy atom. The van der Waals surface area contributed by atoms with Crippen LogP contribution in [0.1, 0.15) is 119 Å². The fourth-order valence-electron chi connectivity index (χ4n) is 11.6. The lowest BCUT2D eigenvalue weighted by molar-refractivity contribution is -0.181. The normalized spacial score (nSPS) is 48.1. The molecule has 5 nitrogen and oxygen atoms in total. The number of carbonyl (C=O) groups excluding carboxylic acids is 3. The van der Waals surface area contributed by atoms with Gasteiger partial charge in [-0.1, -0.05) is 72.5 Å². The second-order valence-corrected chi connectivity index (χ2v) is 17.0. The van der Waals surface area contributed by atoms with E-state index in [2.05, 4.69) is 59.0 Å². The highest BCUT2D eigenvalue weighted by atomic mass is 16.2. The molecule has 6 aliphatic carbocycles. The lowest BCUT2D eigenvalue weighted by Gasteiger charge is -2.69. The lowest BCUT2D eigenvalue weighted by atomic mass is 9.33. The van der Waals surface area contributed by atoms with Gasteiger partial charge in [0.1, 0.15) is 0 Å². The number of hydrogen-bond acceptors (Lipinski definition) is 4. The Kier molecular flexibility index (Phi) is 6.67. The molecule has 0 aromatic carbocycles. The van der Waals surface area contributed by atoms with E-state index in [4.69, 9.17) is 0 Å². The van der Waals surface area contributed by atoms with Gasteiger partial charge < -0.3 is 5.32 Å². The fourth-order valence-corrected chi connectivity index (χ4v) is 11.6. The summed E-state index contributed by atoms with van der Waals surface area (Å²) in [6.07, 6.45) is 16.7. The van der Waals surface area contributed by atoms with Crippen molar-refractivity contribution in [3.8, 4) is 6.07 Å². The first-order valence-corrected chi connectivity index (χ1v) is 16.8. The first-order chi connectivity index (χ1) is 19.6. The monoisotopic (exact) mass is 572 g/mol. The summed E-state index contributed by atoms with van der Waals surface area (Å²) >= 11 is 0. The van der Waals surface area contributed by atoms with Crippen LogP contribution in [0.25, 0.3) is 0 Å². The van der Waals surface area contributed by atoms with E-state index in [1.54, 1.807) is 6.08 Å². The average Bonchev–Trinajstić information content (AvgIpc) is 2.94. The third kappa shape index (κ3) is 3.75. The van der Waals surface area contributed by atoms with Crippen LogP contribution in [-0.4, -0.2) is 23.5 Å². The molecule has 228 valence electrons. The number of nitrogens with one attached hydrogen (secondary N) is 1. The van der Waals surface area contributed by atoms with Crippen LogP contribution in [0, 0.1) is 67.5 Å². The van der Waals surface area contributed by atoms with Crippen LogP contribution in [0.15, 0.2) is 23.8 Å². The first kappa shape index (κ1) is 29.8. The van der Waals surface area contributed by atoms with E-state index in [1.807, 2.05) is 13.0 Å². The molecule has 0 radical (unpaired) electrons. The van der Waals surface area contributed by atoms with Crippen molar-refractivity contribution in [2.75, 3.05) is 0 Å². The highest BCUT2D eigenvalue weighted by Gasteiger charge is 2.71. The molecule has 0 bridgehead atoms. The summed E-state index contributed by atoms with van der Waals surface area (Å²) in [7, 11) is 0. The van der Waals surface area contributed by atoms with Gasteiger partial charge in [0.2, 0.25) is 5.91 Å². The molecule has 0 aromatic rings. The van der Waals surface area contributed by atoms with E-state index in [0.29, 0.717) is 6.42 Å². The number of amides is 1. The molecule has 0 aromatic heterocycles. The number of ketones is 2. The average molecular weight is 573 g/mol. The predicted molar refractivity (Wildman–Crippen MR) is 164 cm³/mol. The van der Waals surface area contributed by atoms with Crippen molar-refractivity contribution in [3.05, 3.63) is 23.8 Å². The van der Waals surface area contributed by atoms with Crippen molar-refractivity contribution < 1.29 is 14.4 Å². The topological polar surface area (TPSA) is 87.0 Å². The molecule has 0 spiro atoms. The second-order valence-electron chi connectivity index (χ2n) is 17.0. The summed E-state index contributed by atoms with van der Waals surface area (Å²) in [5.41, 5.74) is -1.13. The minimum Gasteiger partial charge on any atom is -0.353 e. The minimum absolute atomic E-state index is 0.0215. The van der Waals surface area contributed by atoms with E-state index in [0.717, 1.165) is 57.8 Å². The van der Waals surface area contributed by atoms with Gasteiger partial charge in [-0.05, 0) is 98.5 Å². The molecule has 0 heterocycles. The Morgan fingerprint density at radius 3 is 2.24 bits per heavy atom. The number of carbonyl (C=O) groups is 3. The van der Waals surface area contributed by atoms with Gasteiger partial charge in [-0.2, -0.15) is 5.26 Å². The largest absolute Gasteiger partial charge is 0.353 e. The molecule has 0 saturated heterocycles. The zero-order chi connectivity index (χ0) is 30.5. The van der Waals surface area contributed by atoms with Crippen molar-refractivity contribution in [2.24, 2.45) is 56.2 Å². The highest BCUT2D eigenvalue weighted by molar-refractivity contribution is 5.98. The molecule has 9 atom stereocenters. The van der Waals surface area contributed by atoms with E-state index >= 15 is 0 Å². The summed E-state index contributed by atoms with van der Waals surface area (Å²) in [5, 5.41) is 14.2. The Morgan fingerprint density at radius 2 is 1.57 bits per heavy atom. The van der Waals surface area contributed by atoms with Crippen LogP contribution in [0.4, 0.5) is 0 Å². The Hall–Kier alpha value is -2.22. The quantitative estimate of drug-likeness (QED) is 0.371. The fraction of sp³-hybridized carbons (Fsp3) is 0.784. The van der Waals surface area contributed by atoms with Crippen LogP contribution in [0.5, 0.6) is 0 Å². The smallest absolute Gasteiger partial charge is 0.227 e. The minimum atomic E-state index is -0.806. The van der Waals surface area contributed by atoms with E-state index in [9.17, 15) is 19.6 Å². The van der Waals surface area contributed by atoms with Gasteiger partial charge in [0.15, 0.2) is 11.6 Å². The predicted octanol–water partition coefficient (Wildman–Crippen LogP) is 7.51. The third-order valence-corrected chi connectivity index (χ3v) is 14.7. The number of nitriles is 1. The number of nitrogens with zero attached hydrogens (tertiary/aromatic N) is 1. The zero-order valence-electron chi connectivity index (χ0n) is 27.1. The van der Waals surface area contributed by atoms with Crippen molar-refractivity contribution in [2.45, 2.75) is 125 Å². The van der Waals surface area contributed by atoms with Gasteiger partial charge in [0.05, 0.1) is 17.4 Å². The van der Waals surface area contributed by atoms with Crippen molar-refractivity contribution >= 4 is 17.5 Å². The molecular weight excluding hydrogens is 520 g/mol. The van der Waals surface area contributed by atoms with Gasteiger partial charge in [-0.25, -0.2) is 0 Å². The third-order valence-electron chi connectivity index (χ3n) is 14.7. The maximum Gasteiger partial charge on any atom is 0.227 e. The molecule has 4 saturated carbocycles. The number of rotatable bonds is 2. The number of hydrogen-bond donors (Lipinski definition) is 1. The molecule has 9 unspecified atom stereocenters. The molecule has 1 amide bonds. The SMILES string of the molecule is CC12CCC(C)(C(=O)NC3CCCCC3)C(C#N)C1C1C(=O)C=C3C4(C)C=CC(=O)C(C)(C)C4CCC3(C)C1(C)CC2. The van der Waals surface area contributed by atoms with Gasteiger partial charge >= 0.3 is 0 Å². The van der Waals surface area contributed by atoms with Gasteiger partial charge in [0, 0.05) is 22.8 Å². The summed E-state index contributed by atoms with van der Waals surface area (Å²) in [6, 6.07) is 2.88. The van der Waals surface area contributed by atoms with E-state index in [1.165, 1.54) is 12.0 Å². The van der Waals surface area contributed by atoms with Crippen LogP contribution >= 0.6 is 0 Å². The summed E-state index contributed by atoms with van der Waals surface area (Å²) in [4.78, 5) is 41.7. The van der Waals surface area contributed by atoms with Gasteiger partial charge in [-0.3, -0.25) is 14.4 Å². The first-order valence-electron chi connectivity index (χ1n) is 16.8. The maximum absolute atomic E-state index is 14.7. The van der Waals surface area contributed by atoms with E-state index in [-0.39, 0.29) is 62.9 Å². The molecule has 1 N–H and O–H groups in total. The van der Waals surface area contributed by atoms with Crippen LogP contribution in [-0.2, 0) is 14.4 Å². The molecule has 4 fully saturated rings. The van der Waals surface area contributed by atoms with Crippen LogP contribution in [0.2, 0.25) is 0 Å².